The summed E-state index contributed by atoms with van der Waals surface area (Å²) in [5.41, 5.74) is 0.530. The summed E-state index contributed by atoms with van der Waals surface area (Å²) in [5.74, 6) is 0.754. The highest BCUT2D eigenvalue weighted by atomic mass is 35.5. The van der Waals surface area contributed by atoms with E-state index in [9.17, 15) is 4.79 Å². The van der Waals surface area contributed by atoms with Crippen molar-refractivity contribution in [1.82, 2.24) is 0 Å². The zero-order valence-corrected chi connectivity index (χ0v) is 12.6. The molecule has 0 spiro atoms. The van der Waals surface area contributed by atoms with Crippen LogP contribution in [0.1, 0.15) is 49.4 Å². The number of Topliss-reactive ketones (excluding diaryl/α,β-unsaturated/α-hetero) is 1. The van der Waals surface area contributed by atoms with Crippen LogP contribution in [-0.4, -0.2) is 12.4 Å². The maximum atomic E-state index is 12.5. The number of hydrogen-bond donors (Lipinski definition) is 0. The van der Waals surface area contributed by atoms with Crippen molar-refractivity contribution in [2.45, 2.75) is 39.0 Å². The summed E-state index contributed by atoms with van der Waals surface area (Å²) in [7, 11) is 0. The third-order valence-corrected chi connectivity index (χ3v) is 4.17. The molecule has 0 unspecified atom stereocenters. The first-order valence-corrected chi connectivity index (χ1v) is 7.55. The van der Waals surface area contributed by atoms with Crippen LogP contribution in [0.25, 0.3) is 0 Å². The Kier molecular flexibility index (Phi) is 5.12. The van der Waals surface area contributed by atoms with Crippen LogP contribution >= 0.6 is 23.2 Å². The molecule has 0 heterocycles. The standard InChI is InChI=1S/C15H18Cl2O2/c1-2-19-14-9-12(16)11(8-13(14)17)15(18)10-6-4-3-5-7-10/h8-10H,2-7H2,1H3. The Morgan fingerprint density at radius 3 is 2.53 bits per heavy atom. The lowest BCUT2D eigenvalue weighted by Crippen LogP contribution is -2.18. The van der Waals surface area contributed by atoms with Gasteiger partial charge in [-0.15, -0.1) is 0 Å². The largest absolute Gasteiger partial charge is 0.492 e. The number of halogens is 2. The van der Waals surface area contributed by atoms with Gasteiger partial charge in [-0.3, -0.25) is 4.79 Å². The van der Waals surface area contributed by atoms with E-state index in [1.54, 1.807) is 12.1 Å². The molecule has 1 aromatic rings. The van der Waals surface area contributed by atoms with Gasteiger partial charge in [0.05, 0.1) is 16.7 Å². The molecule has 0 saturated heterocycles. The highest BCUT2D eigenvalue weighted by Gasteiger charge is 2.25. The number of benzene rings is 1. The summed E-state index contributed by atoms with van der Waals surface area (Å²) in [6, 6.07) is 3.29. The Balaban J connectivity index is 2.24. The molecular formula is C15H18Cl2O2. The molecule has 0 aliphatic heterocycles. The average Bonchev–Trinajstić information content (AvgIpc) is 2.43. The third kappa shape index (κ3) is 3.43. The first kappa shape index (κ1) is 14.7. The number of ketones is 1. The maximum absolute atomic E-state index is 12.5. The fourth-order valence-corrected chi connectivity index (χ4v) is 3.03. The van der Waals surface area contributed by atoms with Crippen LogP contribution in [0.2, 0.25) is 10.0 Å². The molecular weight excluding hydrogens is 283 g/mol. The molecule has 0 aromatic heterocycles. The monoisotopic (exact) mass is 300 g/mol. The molecule has 104 valence electrons. The van der Waals surface area contributed by atoms with Crippen LogP contribution in [0.5, 0.6) is 5.75 Å². The molecule has 2 nitrogen and oxygen atoms in total. The fraction of sp³-hybridized carbons (Fsp3) is 0.533. The molecule has 0 amide bonds. The Hall–Kier alpha value is -0.730. The van der Waals surface area contributed by atoms with Crippen LogP contribution in [0, 0.1) is 5.92 Å². The van der Waals surface area contributed by atoms with Gasteiger partial charge in [-0.25, -0.2) is 0 Å². The number of rotatable bonds is 4. The number of ether oxygens (including phenoxy) is 1. The Morgan fingerprint density at radius 2 is 1.89 bits per heavy atom. The molecule has 0 bridgehead atoms. The van der Waals surface area contributed by atoms with Gasteiger partial charge < -0.3 is 4.74 Å². The van der Waals surface area contributed by atoms with Gasteiger partial charge >= 0.3 is 0 Å². The minimum absolute atomic E-state index is 0.0975. The van der Waals surface area contributed by atoms with Crippen molar-refractivity contribution < 1.29 is 9.53 Å². The van der Waals surface area contributed by atoms with Crippen molar-refractivity contribution in [3.05, 3.63) is 27.7 Å². The first-order chi connectivity index (χ1) is 9.13. The average molecular weight is 301 g/mol. The molecule has 1 fully saturated rings. The minimum atomic E-state index is 0.0975. The van der Waals surface area contributed by atoms with Gasteiger partial charge in [-0.05, 0) is 25.8 Å². The van der Waals surface area contributed by atoms with Crippen molar-refractivity contribution in [2.75, 3.05) is 6.61 Å². The SMILES string of the molecule is CCOc1cc(Cl)c(C(=O)C2CCCCC2)cc1Cl. The predicted octanol–water partition coefficient (Wildman–Crippen LogP) is 5.16. The highest BCUT2D eigenvalue weighted by molar-refractivity contribution is 6.36. The van der Waals surface area contributed by atoms with Gasteiger partial charge in [0.1, 0.15) is 5.75 Å². The zero-order valence-electron chi connectivity index (χ0n) is 11.0. The third-order valence-electron chi connectivity index (χ3n) is 3.56. The summed E-state index contributed by atoms with van der Waals surface area (Å²) < 4.78 is 5.37. The van der Waals surface area contributed by atoms with E-state index in [0.717, 1.165) is 25.7 Å². The zero-order chi connectivity index (χ0) is 13.8. The molecule has 2 rings (SSSR count). The second kappa shape index (κ2) is 6.62. The summed E-state index contributed by atoms with van der Waals surface area (Å²) >= 11 is 12.3. The van der Waals surface area contributed by atoms with Crippen LogP contribution in [-0.2, 0) is 0 Å². The smallest absolute Gasteiger partial charge is 0.167 e. The van der Waals surface area contributed by atoms with E-state index < -0.39 is 0 Å². The Labute approximate surface area is 124 Å². The topological polar surface area (TPSA) is 26.3 Å². The maximum Gasteiger partial charge on any atom is 0.167 e. The highest BCUT2D eigenvalue weighted by Crippen LogP contribution is 2.35. The number of carbonyl (C=O) groups is 1. The van der Waals surface area contributed by atoms with E-state index in [1.165, 1.54) is 6.42 Å². The first-order valence-electron chi connectivity index (χ1n) is 6.79. The molecule has 1 aromatic carbocycles. The fourth-order valence-electron chi connectivity index (χ4n) is 2.57. The summed E-state index contributed by atoms with van der Waals surface area (Å²) in [5, 5.41) is 0.883. The predicted molar refractivity (Wildman–Crippen MR) is 78.5 cm³/mol. The van der Waals surface area contributed by atoms with Gasteiger partial charge in [0.25, 0.3) is 0 Å². The summed E-state index contributed by atoms with van der Waals surface area (Å²) in [6.45, 7) is 2.40. The lowest BCUT2D eigenvalue weighted by atomic mass is 9.84. The van der Waals surface area contributed by atoms with Crippen molar-refractivity contribution in [3.63, 3.8) is 0 Å². The Bertz CT molecular complexity index is 465. The van der Waals surface area contributed by atoms with Gasteiger partial charge in [0.15, 0.2) is 5.78 Å². The molecule has 0 radical (unpaired) electrons. The van der Waals surface area contributed by atoms with E-state index in [-0.39, 0.29) is 11.7 Å². The molecule has 1 saturated carbocycles. The molecule has 1 aliphatic rings. The van der Waals surface area contributed by atoms with Gasteiger partial charge in [-0.1, -0.05) is 42.5 Å². The molecule has 0 atom stereocenters. The summed E-state index contributed by atoms with van der Waals surface area (Å²) in [6.07, 6.45) is 5.39. The van der Waals surface area contributed by atoms with E-state index in [1.807, 2.05) is 6.92 Å². The second-order valence-electron chi connectivity index (χ2n) is 4.89. The molecule has 1 aliphatic carbocycles. The van der Waals surface area contributed by atoms with Crippen molar-refractivity contribution in [2.24, 2.45) is 5.92 Å². The van der Waals surface area contributed by atoms with Gasteiger partial charge in [0.2, 0.25) is 0 Å². The van der Waals surface area contributed by atoms with Crippen LogP contribution in [0.4, 0.5) is 0 Å². The van der Waals surface area contributed by atoms with E-state index >= 15 is 0 Å². The lowest BCUT2D eigenvalue weighted by Gasteiger charge is -2.21. The van der Waals surface area contributed by atoms with Gasteiger partial charge in [-0.2, -0.15) is 0 Å². The van der Waals surface area contributed by atoms with E-state index in [0.29, 0.717) is 28.0 Å². The van der Waals surface area contributed by atoms with Gasteiger partial charge in [0, 0.05) is 17.5 Å². The second-order valence-corrected chi connectivity index (χ2v) is 5.71. The molecule has 19 heavy (non-hydrogen) atoms. The minimum Gasteiger partial charge on any atom is -0.492 e. The number of carbonyl (C=O) groups excluding carboxylic acids is 1. The lowest BCUT2D eigenvalue weighted by molar-refractivity contribution is 0.0889. The van der Waals surface area contributed by atoms with Crippen molar-refractivity contribution in [1.29, 1.82) is 0 Å². The quantitative estimate of drug-likeness (QED) is 0.718. The van der Waals surface area contributed by atoms with Crippen molar-refractivity contribution in [3.8, 4) is 5.75 Å². The van der Waals surface area contributed by atoms with E-state index in [2.05, 4.69) is 0 Å². The Morgan fingerprint density at radius 1 is 1.21 bits per heavy atom. The van der Waals surface area contributed by atoms with E-state index in [4.69, 9.17) is 27.9 Å². The van der Waals surface area contributed by atoms with Crippen molar-refractivity contribution >= 4 is 29.0 Å². The van der Waals surface area contributed by atoms with Crippen LogP contribution in [0.15, 0.2) is 12.1 Å². The number of hydrogen-bond acceptors (Lipinski definition) is 2. The normalized spacial score (nSPS) is 16.4. The molecule has 4 heteroatoms. The summed E-state index contributed by atoms with van der Waals surface area (Å²) in [4.78, 5) is 12.5. The van der Waals surface area contributed by atoms with Crippen LogP contribution in [0.3, 0.4) is 0 Å². The van der Waals surface area contributed by atoms with Crippen LogP contribution < -0.4 is 4.74 Å². The molecule has 0 N–H and O–H groups in total.